The Hall–Kier alpha value is -1.23. The van der Waals surface area contributed by atoms with Gasteiger partial charge in [-0.25, -0.2) is 8.78 Å². The zero-order valence-corrected chi connectivity index (χ0v) is 8.16. The number of hydrogen-bond acceptors (Lipinski definition) is 3. The van der Waals surface area contributed by atoms with Gasteiger partial charge < -0.3 is 5.11 Å². The molecule has 2 rings (SSSR count). The zero-order valence-electron chi connectivity index (χ0n) is 8.16. The maximum atomic E-state index is 12.9. The molecule has 15 heavy (non-hydrogen) atoms. The van der Waals surface area contributed by atoms with Crippen molar-refractivity contribution < 1.29 is 13.9 Å². The third-order valence-electron chi connectivity index (χ3n) is 2.49. The smallest absolute Gasteiger partial charge is 0.261 e. The highest BCUT2D eigenvalue weighted by Gasteiger charge is 2.38. The van der Waals surface area contributed by atoms with Gasteiger partial charge in [0.1, 0.15) is 5.75 Å². The lowest BCUT2D eigenvalue weighted by Gasteiger charge is -2.15. The number of alkyl halides is 2. The van der Waals surface area contributed by atoms with Gasteiger partial charge in [0.15, 0.2) is 0 Å². The summed E-state index contributed by atoms with van der Waals surface area (Å²) in [5, 5.41) is 9.42. The third kappa shape index (κ3) is 2.41. The second-order valence-corrected chi connectivity index (χ2v) is 3.79. The Morgan fingerprint density at radius 3 is 2.93 bits per heavy atom. The van der Waals surface area contributed by atoms with Crippen molar-refractivity contribution in [2.75, 3.05) is 13.1 Å². The van der Waals surface area contributed by atoms with Crippen molar-refractivity contribution in [1.82, 2.24) is 9.88 Å². The number of likely N-dealkylation sites (tertiary alicyclic amines) is 1. The van der Waals surface area contributed by atoms with Crippen molar-refractivity contribution in [3.63, 3.8) is 0 Å². The van der Waals surface area contributed by atoms with Crippen LogP contribution in [0.3, 0.4) is 0 Å². The zero-order chi connectivity index (χ0) is 10.9. The molecule has 0 saturated carbocycles. The molecule has 0 bridgehead atoms. The lowest BCUT2D eigenvalue weighted by molar-refractivity contribution is 0.0113. The molecule has 1 aliphatic heterocycles. The van der Waals surface area contributed by atoms with Crippen LogP contribution in [-0.2, 0) is 6.54 Å². The van der Waals surface area contributed by atoms with E-state index < -0.39 is 5.92 Å². The average Bonchev–Trinajstić information content (AvgIpc) is 2.50. The van der Waals surface area contributed by atoms with Crippen molar-refractivity contribution in [1.29, 1.82) is 0 Å². The van der Waals surface area contributed by atoms with Gasteiger partial charge >= 0.3 is 0 Å². The minimum atomic E-state index is -2.59. The van der Waals surface area contributed by atoms with Crippen LogP contribution in [0.15, 0.2) is 18.3 Å². The number of rotatable bonds is 2. The Labute approximate surface area is 86.4 Å². The summed E-state index contributed by atoms with van der Waals surface area (Å²) >= 11 is 0. The third-order valence-corrected chi connectivity index (χ3v) is 2.49. The fourth-order valence-corrected chi connectivity index (χ4v) is 1.71. The molecule has 0 unspecified atom stereocenters. The first-order chi connectivity index (χ1) is 7.07. The number of halogens is 2. The van der Waals surface area contributed by atoms with Gasteiger partial charge in [-0.3, -0.25) is 9.88 Å². The monoisotopic (exact) mass is 214 g/mol. The standard InChI is InChI=1S/C10H12F2N2O/c11-10(12)3-5-14(7-10)6-8-9(15)2-1-4-13-8/h1-2,4,15H,3,5-7H2. The van der Waals surface area contributed by atoms with Gasteiger partial charge in [-0.15, -0.1) is 0 Å². The summed E-state index contributed by atoms with van der Waals surface area (Å²) in [6.07, 6.45) is 1.43. The highest BCUT2D eigenvalue weighted by molar-refractivity contribution is 5.24. The molecule has 1 N–H and O–H groups in total. The largest absolute Gasteiger partial charge is 0.506 e. The van der Waals surface area contributed by atoms with E-state index in [4.69, 9.17) is 0 Å². The molecule has 0 aliphatic carbocycles. The minimum Gasteiger partial charge on any atom is -0.506 e. The predicted octanol–water partition coefficient (Wildman–Crippen LogP) is 1.63. The van der Waals surface area contributed by atoms with Crippen molar-refractivity contribution in [2.24, 2.45) is 0 Å². The van der Waals surface area contributed by atoms with Crippen LogP contribution in [0.4, 0.5) is 8.78 Å². The summed E-state index contributed by atoms with van der Waals surface area (Å²) < 4.78 is 25.7. The van der Waals surface area contributed by atoms with Gasteiger partial charge in [0.05, 0.1) is 12.2 Å². The number of aromatic nitrogens is 1. The van der Waals surface area contributed by atoms with Gasteiger partial charge in [-0.1, -0.05) is 0 Å². The van der Waals surface area contributed by atoms with E-state index in [1.165, 1.54) is 6.07 Å². The molecule has 5 heteroatoms. The number of aromatic hydroxyl groups is 1. The fraction of sp³-hybridized carbons (Fsp3) is 0.500. The Morgan fingerprint density at radius 1 is 1.53 bits per heavy atom. The highest BCUT2D eigenvalue weighted by atomic mass is 19.3. The first kappa shape index (κ1) is 10.3. The SMILES string of the molecule is Oc1cccnc1CN1CCC(F)(F)C1. The molecule has 0 amide bonds. The van der Waals surface area contributed by atoms with Crippen LogP contribution in [0.25, 0.3) is 0 Å². The van der Waals surface area contributed by atoms with Gasteiger partial charge in [0.25, 0.3) is 5.92 Å². The summed E-state index contributed by atoms with van der Waals surface area (Å²) in [5.74, 6) is -2.53. The predicted molar refractivity (Wildman–Crippen MR) is 50.7 cm³/mol. The molecular weight excluding hydrogens is 202 g/mol. The second kappa shape index (κ2) is 3.73. The molecular formula is C10H12F2N2O. The van der Waals surface area contributed by atoms with Crippen molar-refractivity contribution in [3.8, 4) is 5.75 Å². The van der Waals surface area contributed by atoms with E-state index in [1.807, 2.05) is 0 Å². The quantitative estimate of drug-likeness (QED) is 0.812. The Morgan fingerprint density at radius 2 is 2.33 bits per heavy atom. The summed E-state index contributed by atoms with van der Waals surface area (Å²) in [7, 11) is 0. The van der Waals surface area contributed by atoms with Crippen LogP contribution in [0.5, 0.6) is 5.75 Å². The molecule has 3 nitrogen and oxygen atoms in total. The maximum absolute atomic E-state index is 12.9. The normalized spacial score (nSPS) is 20.7. The number of pyridine rings is 1. The first-order valence-electron chi connectivity index (χ1n) is 4.80. The molecule has 1 saturated heterocycles. The van der Waals surface area contributed by atoms with Gasteiger partial charge in [0.2, 0.25) is 0 Å². The minimum absolute atomic E-state index is 0.0627. The molecule has 1 aliphatic rings. The van der Waals surface area contributed by atoms with E-state index in [-0.39, 0.29) is 25.3 Å². The lowest BCUT2D eigenvalue weighted by atomic mass is 10.3. The first-order valence-corrected chi connectivity index (χ1v) is 4.80. The molecule has 82 valence electrons. The van der Waals surface area contributed by atoms with Gasteiger partial charge in [-0.2, -0.15) is 0 Å². The number of hydrogen-bond donors (Lipinski definition) is 1. The highest BCUT2D eigenvalue weighted by Crippen LogP contribution is 2.28. The van der Waals surface area contributed by atoms with E-state index in [9.17, 15) is 13.9 Å². The van der Waals surface area contributed by atoms with Gasteiger partial charge in [0, 0.05) is 25.7 Å². The summed E-state index contributed by atoms with van der Waals surface area (Å²) in [4.78, 5) is 5.55. The molecule has 0 radical (unpaired) electrons. The maximum Gasteiger partial charge on any atom is 0.261 e. The fourth-order valence-electron chi connectivity index (χ4n) is 1.71. The molecule has 0 atom stereocenters. The molecule has 0 spiro atoms. The van der Waals surface area contributed by atoms with Crippen LogP contribution in [0.2, 0.25) is 0 Å². The molecule has 2 heterocycles. The molecule has 0 aromatic carbocycles. The van der Waals surface area contributed by atoms with Crippen molar-refractivity contribution in [3.05, 3.63) is 24.0 Å². The topological polar surface area (TPSA) is 36.4 Å². The van der Waals surface area contributed by atoms with E-state index in [1.54, 1.807) is 17.2 Å². The average molecular weight is 214 g/mol. The van der Waals surface area contributed by atoms with Crippen molar-refractivity contribution >= 4 is 0 Å². The van der Waals surface area contributed by atoms with Crippen LogP contribution < -0.4 is 0 Å². The Balaban J connectivity index is 2.02. The summed E-state index contributed by atoms with van der Waals surface area (Å²) in [6, 6.07) is 3.12. The van der Waals surface area contributed by atoms with E-state index in [0.29, 0.717) is 12.2 Å². The van der Waals surface area contributed by atoms with E-state index >= 15 is 0 Å². The second-order valence-electron chi connectivity index (χ2n) is 3.79. The van der Waals surface area contributed by atoms with Crippen LogP contribution in [0, 0.1) is 0 Å². The van der Waals surface area contributed by atoms with Gasteiger partial charge in [-0.05, 0) is 12.1 Å². The number of nitrogens with zero attached hydrogens (tertiary/aromatic N) is 2. The van der Waals surface area contributed by atoms with E-state index in [0.717, 1.165) is 0 Å². The lowest BCUT2D eigenvalue weighted by Crippen LogP contribution is -2.25. The van der Waals surface area contributed by atoms with Crippen LogP contribution in [0.1, 0.15) is 12.1 Å². The molecule has 1 aromatic rings. The van der Waals surface area contributed by atoms with E-state index in [2.05, 4.69) is 4.98 Å². The molecule has 1 aromatic heterocycles. The van der Waals surface area contributed by atoms with Crippen molar-refractivity contribution in [2.45, 2.75) is 18.9 Å². The summed E-state index contributed by atoms with van der Waals surface area (Å²) in [6.45, 7) is 0.383. The summed E-state index contributed by atoms with van der Waals surface area (Å²) in [5.41, 5.74) is 0.454. The molecule has 1 fully saturated rings. The Kier molecular flexibility index (Phi) is 2.56. The van der Waals surface area contributed by atoms with Crippen LogP contribution >= 0.6 is 0 Å². The van der Waals surface area contributed by atoms with Crippen LogP contribution in [-0.4, -0.2) is 34.0 Å². The Bertz CT molecular complexity index is 357.